The molecule has 0 aromatic heterocycles. The van der Waals surface area contributed by atoms with Gasteiger partial charge in [0.05, 0.1) is 7.11 Å². The summed E-state index contributed by atoms with van der Waals surface area (Å²) in [5, 5.41) is 6.13. The lowest BCUT2D eigenvalue weighted by atomic mass is 10.1. The second-order valence-corrected chi connectivity index (χ2v) is 6.48. The topological polar surface area (TPSA) is 59.6 Å². The van der Waals surface area contributed by atoms with Gasteiger partial charge in [-0.1, -0.05) is 12.1 Å². The Kier molecular flexibility index (Phi) is 6.68. The first kappa shape index (κ1) is 18.3. The molecule has 0 saturated heterocycles. The third-order valence-electron chi connectivity index (χ3n) is 3.00. The van der Waals surface area contributed by atoms with Crippen LogP contribution in [0.5, 0.6) is 5.75 Å². The fourth-order valence-corrected chi connectivity index (χ4v) is 2.04. The van der Waals surface area contributed by atoms with Crippen LogP contribution in [0.2, 0.25) is 0 Å². The standard InChI is InChI=1S/C17H28N2O3/c1-12-9-14(7-8-15(12)21-6)11-18-10-13(2)19-16(20)22-17(3,4)5/h7-9,13,18H,10-11H2,1-6H3,(H,19,20). The number of alkyl carbamates (subject to hydrolysis) is 1. The zero-order valence-electron chi connectivity index (χ0n) is 14.4. The SMILES string of the molecule is COc1ccc(CNCC(C)NC(=O)OC(C)(C)C)cc1C. The summed E-state index contributed by atoms with van der Waals surface area (Å²) < 4.78 is 10.5. The lowest BCUT2D eigenvalue weighted by Crippen LogP contribution is -2.42. The number of amides is 1. The van der Waals surface area contributed by atoms with Crippen LogP contribution < -0.4 is 15.4 Å². The normalized spacial score (nSPS) is 12.6. The van der Waals surface area contributed by atoms with Crippen molar-refractivity contribution in [3.8, 4) is 5.75 Å². The van der Waals surface area contributed by atoms with E-state index in [0.717, 1.165) is 17.9 Å². The lowest BCUT2D eigenvalue weighted by Gasteiger charge is -2.22. The molecule has 1 atom stereocenters. The van der Waals surface area contributed by atoms with E-state index in [1.165, 1.54) is 5.56 Å². The smallest absolute Gasteiger partial charge is 0.407 e. The third-order valence-corrected chi connectivity index (χ3v) is 3.00. The molecule has 0 bridgehead atoms. The monoisotopic (exact) mass is 308 g/mol. The highest BCUT2D eigenvalue weighted by Gasteiger charge is 2.17. The molecule has 0 radical (unpaired) electrons. The predicted molar refractivity (Wildman–Crippen MR) is 88.3 cm³/mol. The van der Waals surface area contributed by atoms with Gasteiger partial charge in [0.1, 0.15) is 11.4 Å². The molecule has 0 aliphatic heterocycles. The van der Waals surface area contributed by atoms with Crippen molar-refractivity contribution < 1.29 is 14.3 Å². The summed E-state index contributed by atoms with van der Waals surface area (Å²) in [4.78, 5) is 11.6. The number of carbonyl (C=O) groups is 1. The summed E-state index contributed by atoms with van der Waals surface area (Å²) in [6.45, 7) is 10.9. The fourth-order valence-electron chi connectivity index (χ4n) is 2.04. The molecule has 0 spiro atoms. The van der Waals surface area contributed by atoms with Crippen molar-refractivity contribution in [1.82, 2.24) is 10.6 Å². The number of nitrogens with one attached hydrogen (secondary N) is 2. The molecule has 0 fully saturated rings. The molecule has 1 aromatic rings. The lowest BCUT2D eigenvalue weighted by molar-refractivity contribution is 0.0508. The highest BCUT2D eigenvalue weighted by molar-refractivity contribution is 5.68. The number of rotatable bonds is 6. The van der Waals surface area contributed by atoms with E-state index in [-0.39, 0.29) is 12.1 Å². The second-order valence-electron chi connectivity index (χ2n) is 6.48. The number of benzene rings is 1. The molecule has 1 aromatic carbocycles. The molecule has 1 unspecified atom stereocenters. The van der Waals surface area contributed by atoms with E-state index in [0.29, 0.717) is 6.54 Å². The summed E-state index contributed by atoms with van der Waals surface area (Å²) in [5.41, 5.74) is 1.82. The Hall–Kier alpha value is -1.75. The van der Waals surface area contributed by atoms with Gasteiger partial charge in [-0.3, -0.25) is 0 Å². The number of aryl methyl sites for hydroxylation is 1. The highest BCUT2D eigenvalue weighted by Crippen LogP contribution is 2.18. The molecule has 2 N–H and O–H groups in total. The maximum absolute atomic E-state index is 11.6. The minimum atomic E-state index is -0.474. The van der Waals surface area contributed by atoms with Gasteiger partial charge < -0.3 is 20.1 Å². The van der Waals surface area contributed by atoms with Gasteiger partial charge in [-0.25, -0.2) is 4.79 Å². The Bertz CT molecular complexity index is 495. The zero-order valence-corrected chi connectivity index (χ0v) is 14.4. The van der Waals surface area contributed by atoms with Crippen molar-refractivity contribution in [2.75, 3.05) is 13.7 Å². The van der Waals surface area contributed by atoms with E-state index in [1.807, 2.05) is 46.8 Å². The number of carbonyl (C=O) groups excluding carboxylic acids is 1. The summed E-state index contributed by atoms with van der Waals surface area (Å²) in [6.07, 6.45) is -0.387. The first-order chi connectivity index (χ1) is 10.2. The van der Waals surface area contributed by atoms with E-state index >= 15 is 0 Å². The Morgan fingerprint density at radius 1 is 1.32 bits per heavy atom. The molecule has 1 amide bonds. The Morgan fingerprint density at radius 2 is 2.00 bits per heavy atom. The van der Waals surface area contributed by atoms with Crippen LogP contribution in [0.4, 0.5) is 4.79 Å². The van der Waals surface area contributed by atoms with Crippen molar-refractivity contribution in [3.63, 3.8) is 0 Å². The van der Waals surface area contributed by atoms with Crippen LogP contribution in [0, 0.1) is 6.92 Å². The Morgan fingerprint density at radius 3 is 2.55 bits per heavy atom. The molecule has 22 heavy (non-hydrogen) atoms. The highest BCUT2D eigenvalue weighted by atomic mass is 16.6. The van der Waals surface area contributed by atoms with Crippen LogP contribution in [0.3, 0.4) is 0 Å². The summed E-state index contributed by atoms with van der Waals surface area (Å²) >= 11 is 0. The van der Waals surface area contributed by atoms with Crippen LogP contribution in [-0.2, 0) is 11.3 Å². The number of ether oxygens (including phenoxy) is 2. The van der Waals surface area contributed by atoms with E-state index in [2.05, 4.69) is 16.7 Å². The third kappa shape index (κ3) is 6.80. The minimum absolute atomic E-state index is 0.00537. The quantitative estimate of drug-likeness (QED) is 0.848. The van der Waals surface area contributed by atoms with Gasteiger partial charge in [-0.15, -0.1) is 0 Å². The molecule has 1 rings (SSSR count). The van der Waals surface area contributed by atoms with Gasteiger partial charge in [-0.05, 0) is 51.8 Å². The van der Waals surface area contributed by atoms with Crippen LogP contribution in [-0.4, -0.2) is 31.4 Å². The van der Waals surface area contributed by atoms with Gasteiger partial charge in [-0.2, -0.15) is 0 Å². The second kappa shape index (κ2) is 8.03. The van der Waals surface area contributed by atoms with Gasteiger partial charge in [0.15, 0.2) is 0 Å². The Labute approximate surface area is 133 Å². The van der Waals surface area contributed by atoms with Gasteiger partial charge in [0.25, 0.3) is 0 Å². The zero-order chi connectivity index (χ0) is 16.8. The van der Waals surface area contributed by atoms with Gasteiger partial charge in [0, 0.05) is 19.1 Å². The average Bonchev–Trinajstić information content (AvgIpc) is 2.36. The van der Waals surface area contributed by atoms with E-state index in [4.69, 9.17) is 9.47 Å². The van der Waals surface area contributed by atoms with Gasteiger partial charge >= 0.3 is 6.09 Å². The predicted octanol–water partition coefficient (Wildman–Crippen LogP) is 3.01. The average molecular weight is 308 g/mol. The van der Waals surface area contributed by atoms with Crippen molar-refractivity contribution >= 4 is 6.09 Å². The largest absolute Gasteiger partial charge is 0.496 e. The van der Waals surface area contributed by atoms with E-state index in [1.54, 1.807) is 7.11 Å². The molecule has 0 heterocycles. The maximum Gasteiger partial charge on any atom is 0.407 e. The van der Waals surface area contributed by atoms with Crippen LogP contribution in [0.15, 0.2) is 18.2 Å². The van der Waals surface area contributed by atoms with E-state index in [9.17, 15) is 4.79 Å². The number of methoxy groups -OCH3 is 1. The maximum atomic E-state index is 11.6. The van der Waals surface area contributed by atoms with E-state index < -0.39 is 5.60 Å². The van der Waals surface area contributed by atoms with Crippen molar-refractivity contribution in [1.29, 1.82) is 0 Å². The van der Waals surface area contributed by atoms with Gasteiger partial charge in [0.2, 0.25) is 0 Å². The van der Waals surface area contributed by atoms with Crippen LogP contribution in [0.1, 0.15) is 38.8 Å². The van der Waals surface area contributed by atoms with Crippen LogP contribution in [0.25, 0.3) is 0 Å². The molecule has 124 valence electrons. The number of hydrogen-bond acceptors (Lipinski definition) is 4. The van der Waals surface area contributed by atoms with Crippen molar-refractivity contribution in [2.24, 2.45) is 0 Å². The van der Waals surface area contributed by atoms with Crippen LogP contribution >= 0.6 is 0 Å². The summed E-state index contributed by atoms with van der Waals surface area (Å²) in [5.74, 6) is 0.892. The Balaban J connectivity index is 2.34. The summed E-state index contributed by atoms with van der Waals surface area (Å²) in [7, 11) is 1.67. The first-order valence-corrected chi connectivity index (χ1v) is 7.55. The molecule has 5 nitrogen and oxygen atoms in total. The summed E-state index contributed by atoms with van der Waals surface area (Å²) in [6, 6.07) is 6.09. The number of hydrogen-bond donors (Lipinski definition) is 2. The molecular weight excluding hydrogens is 280 g/mol. The molecular formula is C17H28N2O3. The molecule has 0 aliphatic rings. The van der Waals surface area contributed by atoms with Crippen molar-refractivity contribution in [2.45, 2.75) is 52.8 Å². The first-order valence-electron chi connectivity index (χ1n) is 7.55. The molecule has 0 aliphatic carbocycles. The fraction of sp³-hybridized carbons (Fsp3) is 0.588. The molecule has 5 heteroatoms. The minimum Gasteiger partial charge on any atom is -0.496 e. The van der Waals surface area contributed by atoms with Crippen molar-refractivity contribution in [3.05, 3.63) is 29.3 Å². The molecule has 0 saturated carbocycles.